The third-order valence-corrected chi connectivity index (χ3v) is 8.38. The molecule has 0 aliphatic carbocycles. The highest BCUT2D eigenvalue weighted by Gasteiger charge is 2.24. The molecule has 1 fully saturated rings. The molecule has 0 saturated carbocycles. The average Bonchev–Trinajstić information content (AvgIpc) is 3.06. The molecule has 246 valence electrons. The van der Waals surface area contributed by atoms with Gasteiger partial charge in [-0.1, -0.05) is 73.0 Å². The van der Waals surface area contributed by atoms with Crippen molar-refractivity contribution in [3.63, 3.8) is 0 Å². The number of halogens is 1. The number of hydrogen-bond donors (Lipinski definition) is 2. The van der Waals surface area contributed by atoms with Gasteiger partial charge in [-0.2, -0.15) is 0 Å². The van der Waals surface area contributed by atoms with E-state index in [1.807, 2.05) is 30.3 Å². The van der Waals surface area contributed by atoms with Crippen LogP contribution in [0.4, 0.5) is 10.1 Å². The second-order valence-corrected chi connectivity index (χ2v) is 12.3. The minimum absolute atomic E-state index is 0.0246. The molecule has 2 atom stereocenters. The van der Waals surface area contributed by atoms with Crippen LogP contribution in [0.2, 0.25) is 0 Å². The fraction of sp³-hybridized carbons (Fsp3) is 0.333. The van der Waals surface area contributed by atoms with E-state index in [0.29, 0.717) is 29.7 Å². The van der Waals surface area contributed by atoms with Gasteiger partial charge in [0.15, 0.2) is 0 Å². The van der Waals surface area contributed by atoms with Crippen LogP contribution in [-0.4, -0.2) is 49.0 Å². The minimum atomic E-state index is -0.884. The van der Waals surface area contributed by atoms with E-state index in [1.54, 1.807) is 36.4 Å². The summed E-state index contributed by atoms with van der Waals surface area (Å²) in [5, 5.41) is 5.84. The van der Waals surface area contributed by atoms with Crippen LogP contribution in [0.5, 0.6) is 11.5 Å². The number of likely N-dealkylation sites (tertiary alicyclic amines) is 1. The van der Waals surface area contributed by atoms with Crippen LogP contribution in [0.15, 0.2) is 103 Å². The van der Waals surface area contributed by atoms with Gasteiger partial charge in [-0.3, -0.25) is 14.5 Å². The van der Waals surface area contributed by atoms with Crippen LogP contribution >= 0.6 is 0 Å². The lowest BCUT2D eigenvalue weighted by atomic mass is 9.89. The minimum Gasteiger partial charge on any atom is -0.457 e. The van der Waals surface area contributed by atoms with E-state index in [0.717, 1.165) is 44.3 Å². The smallest absolute Gasteiger partial charge is 0.249 e. The zero-order chi connectivity index (χ0) is 32.8. The van der Waals surface area contributed by atoms with Gasteiger partial charge >= 0.3 is 0 Å². The third kappa shape index (κ3) is 11.3. The van der Waals surface area contributed by atoms with Gasteiger partial charge in [-0.25, -0.2) is 4.39 Å². The second-order valence-electron chi connectivity index (χ2n) is 12.3. The summed E-state index contributed by atoms with van der Waals surface area (Å²) < 4.78 is 24.9. The lowest BCUT2D eigenvalue weighted by molar-refractivity contribution is -0.128. The van der Waals surface area contributed by atoms with Gasteiger partial charge in [0.1, 0.15) is 23.4 Å². The first-order chi connectivity index (χ1) is 22.9. The number of benzene rings is 4. The Hall–Kier alpha value is -4.53. The largest absolute Gasteiger partial charge is 0.457 e. The van der Waals surface area contributed by atoms with E-state index in [-0.39, 0.29) is 30.8 Å². The van der Waals surface area contributed by atoms with Gasteiger partial charge in [0.05, 0.1) is 19.8 Å². The Morgan fingerprint density at radius 3 is 2.32 bits per heavy atom. The monoisotopic (exact) mass is 637 g/mol. The molecule has 1 heterocycles. The maximum Gasteiger partial charge on any atom is 0.249 e. The molecule has 1 saturated heterocycles. The number of nitrogens with zero attached hydrogens (tertiary/aromatic N) is 1. The topological polar surface area (TPSA) is 79.9 Å². The summed E-state index contributed by atoms with van der Waals surface area (Å²) in [6, 6.07) is 30.2. The Kier molecular flexibility index (Phi) is 12.5. The van der Waals surface area contributed by atoms with Gasteiger partial charge in [-0.15, -0.1) is 0 Å². The molecule has 2 N–H and O–H groups in total. The molecule has 0 spiro atoms. The highest BCUT2D eigenvalue weighted by atomic mass is 19.1. The van der Waals surface area contributed by atoms with Crippen molar-refractivity contribution in [2.75, 3.05) is 31.6 Å². The number of aryl methyl sites for hydroxylation is 1. The Morgan fingerprint density at radius 2 is 1.57 bits per heavy atom. The Balaban J connectivity index is 1.17. The van der Waals surface area contributed by atoms with E-state index < -0.39 is 6.04 Å². The number of carbonyl (C=O) groups is 2. The molecule has 8 heteroatoms. The summed E-state index contributed by atoms with van der Waals surface area (Å²) in [7, 11) is 0. The normalized spacial score (nSPS) is 16.0. The predicted molar refractivity (Wildman–Crippen MR) is 183 cm³/mol. The zero-order valence-electron chi connectivity index (χ0n) is 27.0. The van der Waals surface area contributed by atoms with E-state index >= 15 is 0 Å². The molecule has 0 bridgehead atoms. The van der Waals surface area contributed by atoms with Crippen molar-refractivity contribution in [2.45, 2.75) is 51.7 Å². The second kappa shape index (κ2) is 17.4. The Bertz CT molecular complexity index is 1560. The lowest BCUT2D eigenvalue weighted by Gasteiger charge is -2.28. The maximum absolute atomic E-state index is 13.4. The number of nitrogens with one attached hydrogen (secondary N) is 2. The highest BCUT2D eigenvalue weighted by Crippen LogP contribution is 2.24. The van der Waals surface area contributed by atoms with Gasteiger partial charge in [0, 0.05) is 5.69 Å². The summed E-state index contributed by atoms with van der Waals surface area (Å²) in [5.74, 6) is 0.717. The highest BCUT2D eigenvalue weighted by molar-refractivity contribution is 5.97. The summed E-state index contributed by atoms with van der Waals surface area (Å²) in [4.78, 5) is 29.0. The first-order valence-electron chi connectivity index (χ1n) is 16.4. The van der Waals surface area contributed by atoms with Crippen LogP contribution in [0, 0.1) is 18.7 Å². The van der Waals surface area contributed by atoms with E-state index in [9.17, 15) is 14.0 Å². The predicted octanol–water partition coefficient (Wildman–Crippen LogP) is 7.30. The first kappa shape index (κ1) is 33.8. The number of ether oxygens (including phenoxy) is 2. The Morgan fingerprint density at radius 1 is 0.851 bits per heavy atom. The average molecular weight is 638 g/mol. The third-order valence-electron chi connectivity index (χ3n) is 8.38. The van der Waals surface area contributed by atoms with Crippen molar-refractivity contribution in [1.29, 1.82) is 0 Å². The number of carbonyl (C=O) groups excluding carboxylic acids is 2. The van der Waals surface area contributed by atoms with Gasteiger partial charge in [0.25, 0.3) is 0 Å². The van der Waals surface area contributed by atoms with Crippen LogP contribution in [-0.2, 0) is 27.4 Å². The molecular formula is C39H44FN3O4. The van der Waals surface area contributed by atoms with Crippen molar-refractivity contribution in [2.24, 2.45) is 5.92 Å². The Labute approximate surface area is 277 Å². The van der Waals surface area contributed by atoms with Crippen molar-refractivity contribution in [3.8, 4) is 11.5 Å². The fourth-order valence-electron chi connectivity index (χ4n) is 5.89. The molecular weight excluding hydrogens is 593 g/mol. The molecule has 1 aliphatic heterocycles. The SMILES string of the molecule is Cc1cccc(CC2CCCCN(CC(=O)NC(COCc3ccccc3)C(=O)Nc3ccc(Oc4ccc(F)cc4)cc3)CC2)c1. The molecule has 4 aromatic carbocycles. The molecule has 0 radical (unpaired) electrons. The number of anilines is 1. The molecule has 4 aromatic rings. The van der Waals surface area contributed by atoms with Crippen LogP contribution < -0.4 is 15.4 Å². The van der Waals surface area contributed by atoms with Crippen molar-refractivity contribution >= 4 is 17.5 Å². The molecule has 5 rings (SSSR count). The van der Waals surface area contributed by atoms with Gasteiger partial charge in [-0.05, 0) is 105 Å². The van der Waals surface area contributed by atoms with Crippen LogP contribution in [0.25, 0.3) is 0 Å². The molecule has 2 unspecified atom stereocenters. The van der Waals surface area contributed by atoms with Crippen molar-refractivity contribution in [1.82, 2.24) is 10.2 Å². The van der Waals surface area contributed by atoms with Crippen molar-refractivity contribution in [3.05, 3.63) is 126 Å². The molecule has 2 amide bonds. The molecule has 0 aromatic heterocycles. The van der Waals surface area contributed by atoms with E-state index in [4.69, 9.17) is 9.47 Å². The maximum atomic E-state index is 13.4. The molecule has 7 nitrogen and oxygen atoms in total. The van der Waals surface area contributed by atoms with E-state index in [2.05, 4.69) is 46.7 Å². The van der Waals surface area contributed by atoms with Gasteiger partial charge < -0.3 is 20.1 Å². The quantitative estimate of drug-likeness (QED) is 0.161. The number of amides is 2. The summed E-state index contributed by atoms with van der Waals surface area (Å²) in [6.07, 6.45) is 5.48. The van der Waals surface area contributed by atoms with Crippen LogP contribution in [0.3, 0.4) is 0 Å². The molecule has 47 heavy (non-hydrogen) atoms. The van der Waals surface area contributed by atoms with Gasteiger partial charge in [0.2, 0.25) is 11.8 Å². The number of hydrogen-bond acceptors (Lipinski definition) is 5. The van der Waals surface area contributed by atoms with E-state index in [1.165, 1.54) is 29.7 Å². The van der Waals surface area contributed by atoms with Crippen LogP contribution in [0.1, 0.15) is 42.4 Å². The fourth-order valence-corrected chi connectivity index (χ4v) is 5.89. The number of rotatable bonds is 13. The zero-order valence-corrected chi connectivity index (χ0v) is 27.0. The summed E-state index contributed by atoms with van der Waals surface area (Å²) >= 11 is 0. The summed E-state index contributed by atoms with van der Waals surface area (Å²) in [6.45, 7) is 4.41. The lowest BCUT2D eigenvalue weighted by Crippen LogP contribution is -2.50. The summed E-state index contributed by atoms with van der Waals surface area (Å²) in [5.41, 5.74) is 4.19. The standard InChI is InChI=1S/C39H44FN3O4/c1-29-8-7-12-32(24-29)25-30-9-5-6-22-43(23-21-30)26-38(44)42-37(28-46-27-31-10-3-2-4-11-31)39(45)41-34-15-19-36(20-16-34)47-35-17-13-33(40)14-18-35/h2-4,7-8,10-20,24,30,37H,5-6,9,21-23,25-28H2,1H3,(H,41,45)(H,42,44). The molecule has 1 aliphatic rings. The van der Waals surface area contributed by atoms with Crippen molar-refractivity contribution < 1.29 is 23.5 Å². The first-order valence-corrected chi connectivity index (χ1v) is 16.4.